The molecule has 0 saturated carbocycles. The molecule has 0 amide bonds. The molecular formula is C16H15NO2. The number of fused-ring (bicyclic) bond motifs is 1. The quantitative estimate of drug-likeness (QED) is 0.836. The molecular weight excluding hydrogens is 238 g/mol. The predicted molar refractivity (Wildman–Crippen MR) is 74.4 cm³/mol. The van der Waals surface area contributed by atoms with Crippen molar-refractivity contribution in [3.8, 4) is 5.75 Å². The van der Waals surface area contributed by atoms with E-state index in [1.165, 1.54) is 0 Å². The molecule has 2 aromatic rings. The molecule has 0 aromatic heterocycles. The zero-order valence-corrected chi connectivity index (χ0v) is 10.5. The molecule has 1 atom stereocenters. The van der Waals surface area contributed by atoms with Crippen molar-refractivity contribution < 1.29 is 9.90 Å². The van der Waals surface area contributed by atoms with Crippen molar-refractivity contribution in [2.24, 2.45) is 0 Å². The topological polar surface area (TPSA) is 40.5 Å². The molecule has 0 aliphatic carbocycles. The highest BCUT2D eigenvalue weighted by Gasteiger charge is 2.27. The van der Waals surface area contributed by atoms with Crippen LogP contribution < -0.4 is 4.90 Å². The van der Waals surface area contributed by atoms with E-state index in [-0.39, 0.29) is 11.8 Å². The molecule has 1 unspecified atom stereocenters. The number of rotatable bonds is 2. The van der Waals surface area contributed by atoms with Gasteiger partial charge < -0.3 is 14.8 Å². The predicted octanol–water partition coefficient (Wildman–Crippen LogP) is 2.69. The van der Waals surface area contributed by atoms with Crippen molar-refractivity contribution in [3.05, 3.63) is 59.7 Å². The van der Waals surface area contributed by atoms with Gasteiger partial charge in [0, 0.05) is 12.2 Å². The molecule has 2 aromatic carbocycles. The summed E-state index contributed by atoms with van der Waals surface area (Å²) in [5, 5.41) is 9.53. The van der Waals surface area contributed by atoms with E-state index in [0.29, 0.717) is 0 Å². The molecule has 19 heavy (non-hydrogen) atoms. The fourth-order valence-corrected chi connectivity index (χ4v) is 2.70. The molecule has 1 heterocycles. The fraction of sp³-hybridized carbons (Fsp3) is 0.188. The number of benzene rings is 2. The Balaban J connectivity index is 2.03. The lowest BCUT2D eigenvalue weighted by Gasteiger charge is -2.36. The third kappa shape index (κ3) is 2.08. The van der Waals surface area contributed by atoms with Crippen LogP contribution in [0, 0.1) is 0 Å². The minimum Gasteiger partial charge on any atom is -0.508 e. The molecule has 0 bridgehead atoms. The number of phenolic OH excluding ortho intramolecular Hbond substituents is 1. The summed E-state index contributed by atoms with van der Waals surface area (Å²) in [5.74, 6) is 0.261. The van der Waals surface area contributed by atoms with Crippen LogP contribution in [0.4, 0.5) is 5.69 Å². The largest absolute Gasteiger partial charge is 0.508 e. The van der Waals surface area contributed by atoms with Gasteiger partial charge in [-0.1, -0.05) is 24.3 Å². The molecule has 1 aliphatic rings. The second kappa shape index (κ2) is 4.76. The minimum absolute atomic E-state index is 0.261. The maximum Gasteiger partial charge on any atom is 0.146 e. The van der Waals surface area contributed by atoms with Crippen LogP contribution >= 0.6 is 0 Å². The van der Waals surface area contributed by atoms with Crippen molar-refractivity contribution in [2.45, 2.75) is 12.5 Å². The van der Waals surface area contributed by atoms with Crippen LogP contribution in [0.1, 0.15) is 17.2 Å². The first-order chi connectivity index (χ1) is 9.29. The van der Waals surface area contributed by atoms with Gasteiger partial charge >= 0.3 is 0 Å². The summed E-state index contributed by atoms with van der Waals surface area (Å²) < 4.78 is 0. The van der Waals surface area contributed by atoms with Gasteiger partial charge in [0.25, 0.3) is 0 Å². The van der Waals surface area contributed by atoms with Gasteiger partial charge in [0.1, 0.15) is 18.1 Å². The van der Waals surface area contributed by atoms with Crippen molar-refractivity contribution >= 4 is 12.0 Å². The number of aromatic hydroxyl groups is 1. The van der Waals surface area contributed by atoms with Gasteiger partial charge in [-0.25, -0.2) is 0 Å². The van der Waals surface area contributed by atoms with E-state index in [1.54, 1.807) is 12.1 Å². The molecule has 3 nitrogen and oxygen atoms in total. The first-order valence-corrected chi connectivity index (χ1v) is 6.38. The summed E-state index contributed by atoms with van der Waals surface area (Å²) in [6.07, 6.45) is 1.81. The standard InChI is InChI=1S/C16H15NO2/c18-11-16-15-7-6-14(19)10-12(15)8-9-17(16)13-4-2-1-3-5-13/h1-7,10-11,16,19H,8-9H2. The highest BCUT2D eigenvalue weighted by molar-refractivity contribution is 5.71. The number of carbonyl (C=O) groups is 1. The number of hydrogen-bond donors (Lipinski definition) is 1. The number of carbonyl (C=O) groups excluding carboxylic acids is 1. The van der Waals surface area contributed by atoms with Crippen LogP contribution in [0.5, 0.6) is 5.75 Å². The Kier molecular flexibility index (Phi) is 2.95. The van der Waals surface area contributed by atoms with Gasteiger partial charge in [-0.2, -0.15) is 0 Å². The summed E-state index contributed by atoms with van der Waals surface area (Å²) in [4.78, 5) is 13.6. The molecule has 0 fully saturated rings. The summed E-state index contributed by atoms with van der Waals surface area (Å²) in [5.41, 5.74) is 3.10. The van der Waals surface area contributed by atoms with Gasteiger partial charge in [-0.3, -0.25) is 0 Å². The van der Waals surface area contributed by atoms with E-state index in [4.69, 9.17) is 0 Å². The van der Waals surface area contributed by atoms with E-state index in [0.717, 1.165) is 36.1 Å². The lowest BCUT2D eigenvalue weighted by atomic mass is 9.92. The number of nitrogens with zero attached hydrogens (tertiary/aromatic N) is 1. The van der Waals surface area contributed by atoms with Crippen molar-refractivity contribution in [1.29, 1.82) is 0 Å². The first-order valence-electron chi connectivity index (χ1n) is 6.38. The summed E-state index contributed by atoms with van der Waals surface area (Å²) in [6.45, 7) is 0.782. The van der Waals surface area contributed by atoms with Crippen LogP contribution in [-0.4, -0.2) is 17.9 Å². The Bertz CT molecular complexity index is 595. The number of anilines is 1. The van der Waals surface area contributed by atoms with E-state index in [9.17, 15) is 9.90 Å². The zero-order chi connectivity index (χ0) is 13.2. The van der Waals surface area contributed by atoms with E-state index >= 15 is 0 Å². The molecule has 1 aliphatic heterocycles. The molecule has 3 heteroatoms. The molecule has 96 valence electrons. The lowest BCUT2D eigenvalue weighted by molar-refractivity contribution is -0.109. The van der Waals surface area contributed by atoms with Crippen LogP contribution in [0.2, 0.25) is 0 Å². The molecule has 0 saturated heterocycles. The lowest BCUT2D eigenvalue weighted by Crippen LogP contribution is -2.36. The van der Waals surface area contributed by atoms with E-state index < -0.39 is 0 Å². The van der Waals surface area contributed by atoms with Gasteiger partial charge in [-0.15, -0.1) is 0 Å². The second-order valence-electron chi connectivity index (χ2n) is 4.74. The minimum atomic E-state index is -0.272. The van der Waals surface area contributed by atoms with Gasteiger partial charge in [0.05, 0.1) is 0 Å². The monoisotopic (exact) mass is 253 g/mol. The van der Waals surface area contributed by atoms with Gasteiger partial charge in [-0.05, 0) is 41.8 Å². The third-order valence-electron chi connectivity index (χ3n) is 3.62. The highest BCUT2D eigenvalue weighted by atomic mass is 16.3. The average molecular weight is 253 g/mol. The van der Waals surface area contributed by atoms with Gasteiger partial charge in [0.15, 0.2) is 0 Å². The van der Waals surface area contributed by atoms with Crippen molar-refractivity contribution in [1.82, 2.24) is 0 Å². The zero-order valence-electron chi connectivity index (χ0n) is 10.5. The third-order valence-corrected chi connectivity index (χ3v) is 3.62. The van der Waals surface area contributed by atoms with Crippen LogP contribution in [-0.2, 0) is 11.2 Å². The number of hydrogen-bond acceptors (Lipinski definition) is 3. The number of aldehydes is 1. The highest BCUT2D eigenvalue weighted by Crippen LogP contribution is 2.33. The van der Waals surface area contributed by atoms with E-state index in [2.05, 4.69) is 4.90 Å². The van der Waals surface area contributed by atoms with Crippen molar-refractivity contribution in [3.63, 3.8) is 0 Å². The number of phenols is 1. The Hall–Kier alpha value is -2.29. The fourth-order valence-electron chi connectivity index (χ4n) is 2.70. The van der Waals surface area contributed by atoms with E-state index in [1.807, 2.05) is 36.4 Å². The number of para-hydroxylation sites is 1. The Labute approximate surface area is 112 Å². The smallest absolute Gasteiger partial charge is 0.146 e. The van der Waals surface area contributed by atoms with Crippen molar-refractivity contribution in [2.75, 3.05) is 11.4 Å². The van der Waals surface area contributed by atoms with Crippen LogP contribution in [0.15, 0.2) is 48.5 Å². The first kappa shape index (κ1) is 11.8. The molecule has 3 rings (SSSR count). The Morgan fingerprint density at radius 3 is 2.68 bits per heavy atom. The maximum absolute atomic E-state index is 11.5. The van der Waals surface area contributed by atoms with Gasteiger partial charge in [0.2, 0.25) is 0 Å². The maximum atomic E-state index is 11.5. The SMILES string of the molecule is O=CC1c2ccc(O)cc2CCN1c1ccccc1. The Morgan fingerprint density at radius 1 is 1.16 bits per heavy atom. The molecule has 0 radical (unpaired) electrons. The van der Waals surface area contributed by atoms with Crippen LogP contribution in [0.3, 0.4) is 0 Å². The second-order valence-corrected chi connectivity index (χ2v) is 4.74. The summed E-state index contributed by atoms with van der Waals surface area (Å²) in [6, 6.07) is 14.9. The summed E-state index contributed by atoms with van der Waals surface area (Å²) in [7, 11) is 0. The Morgan fingerprint density at radius 2 is 1.95 bits per heavy atom. The molecule has 1 N–H and O–H groups in total. The normalized spacial score (nSPS) is 17.9. The average Bonchev–Trinajstić information content (AvgIpc) is 2.46. The summed E-state index contributed by atoms with van der Waals surface area (Å²) >= 11 is 0. The van der Waals surface area contributed by atoms with Crippen LogP contribution in [0.25, 0.3) is 0 Å². The molecule has 0 spiro atoms.